The Hall–Kier alpha value is -3.60. The number of ether oxygens (including phenoxy) is 3. The van der Waals surface area contributed by atoms with Crippen LogP contribution in [-0.4, -0.2) is 50.4 Å². The second-order valence-corrected chi connectivity index (χ2v) is 8.07. The molecule has 31 heavy (non-hydrogen) atoms. The average Bonchev–Trinajstić information content (AvgIpc) is 3.26. The van der Waals surface area contributed by atoms with E-state index in [9.17, 15) is 13.2 Å². The number of benzene rings is 1. The molecule has 0 aliphatic rings. The molecule has 1 amide bonds. The van der Waals surface area contributed by atoms with E-state index in [1.165, 1.54) is 33.5 Å². The van der Waals surface area contributed by atoms with Crippen LogP contribution in [0.2, 0.25) is 0 Å². The molecule has 0 radical (unpaired) electrons. The lowest BCUT2D eigenvalue weighted by atomic mass is 10.2. The molecule has 1 N–H and O–H groups in total. The van der Waals surface area contributed by atoms with E-state index in [-0.39, 0.29) is 28.0 Å². The number of carbonyl (C=O) groups excluding carboxylic acids is 1. The van der Waals surface area contributed by atoms with Crippen molar-refractivity contribution < 1.29 is 27.4 Å². The van der Waals surface area contributed by atoms with Crippen LogP contribution in [0.1, 0.15) is 21.6 Å². The first-order valence-corrected chi connectivity index (χ1v) is 10.6. The van der Waals surface area contributed by atoms with E-state index in [0.717, 1.165) is 0 Å². The van der Waals surface area contributed by atoms with E-state index in [2.05, 4.69) is 10.1 Å². The third kappa shape index (κ3) is 4.61. The predicted molar refractivity (Wildman–Crippen MR) is 111 cm³/mol. The zero-order chi connectivity index (χ0) is 22.6. The van der Waals surface area contributed by atoms with Gasteiger partial charge in [0.25, 0.3) is 15.9 Å². The van der Waals surface area contributed by atoms with Crippen LogP contribution < -0.4 is 18.9 Å². The van der Waals surface area contributed by atoms with E-state index in [1.807, 2.05) is 4.72 Å². The molecule has 0 aliphatic carbocycles. The number of carbonyl (C=O) groups is 1. The molecular formula is C20H22N4O6S. The maximum absolute atomic E-state index is 13.0. The summed E-state index contributed by atoms with van der Waals surface area (Å²) in [6, 6.07) is 7.96. The van der Waals surface area contributed by atoms with Crippen LogP contribution in [-0.2, 0) is 16.6 Å². The van der Waals surface area contributed by atoms with Crippen molar-refractivity contribution in [2.45, 2.75) is 18.4 Å². The lowest BCUT2D eigenvalue weighted by Crippen LogP contribution is -2.32. The summed E-state index contributed by atoms with van der Waals surface area (Å²) in [6.45, 7) is 2.06. The fraction of sp³-hybridized carbons (Fsp3) is 0.250. The largest absolute Gasteiger partial charge is 0.495 e. The van der Waals surface area contributed by atoms with Crippen molar-refractivity contribution in [3.63, 3.8) is 0 Å². The molecule has 2 heterocycles. The molecule has 0 fully saturated rings. The normalized spacial score (nSPS) is 11.1. The third-order valence-electron chi connectivity index (χ3n) is 4.45. The van der Waals surface area contributed by atoms with Gasteiger partial charge >= 0.3 is 0 Å². The number of pyridine rings is 1. The zero-order valence-electron chi connectivity index (χ0n) is 17.4. The van der Waals surface area contributed by atoms with Crippen LogP contribution in [0.4, 0.5) is 0 Å². The smallest absolute Gasteiger partial charge is 0.283 e. The minimum absolute atomic E-state index is 0.0443. The maximum Gasteiger partial charge on any atom is 0.283 e. The topological polar surface area (TPSA) is 122 Å². The molecule has 10 nitrogen and oxygen atoms in total. The molecule has 2 aromatic heterocycles. The Morgan fingerprint density at radius 1 is 1.10 bits per heavy atom. The number of hydrogen-bond acceptors (Lipinski definition) is 8. The predicted octanol–water partition coefficient (Wildman–Crippen LogP) is 1.78. The summed E-state index contributed by atoms with van der Waals surface area (Å²) in [6.07, 6.45) is 3.41. The molecular weight excluding hydrogens is 424 g/mol. The molecule has 0 saturated carbocycles. The van der Waals surface area contributed by atoms with Gasteiger partial charge in [-0.3, -0.25) is 9.48 Å². The van der Waals surface area contributed by atoms with Gasteiger partial charge in [0.1, 0.15) is 17.2 Å². The van der Waals surface area contributed by atoms with Gasteiger partial charge in [0.05, 0.1) is 27.9 Å². The highest BCUT2D eigenvalue weighted by molar-refractivity contribution is 7.90. The molecule has 3 aromatic rings. The van der Waals surface area contributed by atoms with Gasteiger partial charge in [-0.05, 0) is 36.8 Å². The lowest BCUT2D eigenvalue weighted by molar-refractivity contribution is 0.0975. The summed E-state index contributed by atoms with van der Waals surface area (Å²) < 4.78 is 45.4. The molecule has 164 valence electrons. The number of aryl methyl sites for hydroxylation is 1. The Kier molecular flexibility index (Phi) is 6.44. The van der Waals surface area contributed by atoms with Gasteiger partial charge in [-0.15, -0.1) is 0 Å². The van der Waals surface area contributed by atoms with Crippen molar-refractivity contribution in [2.24, 2.45) is 0 Å². The number of rotatable bonds is 8. The zero-order valence-corrected chi connectivity index (χ0v) is 18.3. The van der Waals surface area contributed by atoms with Gasteiger partial charge in [0, 0.05) is 18.0 Å². The van der Waals surface area contributed by atoms with Gasteiger partial charge in [-0.2, -0.15) is 5.10 Å². The van der Waals surface area contributed by atoms with Crippen molar-refractivity contribution in [3.05, 3.63) is 59.5 Å². The van der Waals surface area contributed by atoms with E-state index in [1.54, 1.807) is 42.2 Å². The van der Waals surface area contributed by atoms with Gasteiger partial charge in [-0.25, -0.2) is 18.1 Å². The number of hydrogen-bond donors (Lipinski definition) is 1. The summed E-state index contributed by atoms with van der Waals surface area (Å²) in [5, 5.41) is 4.12. The van der Waals surface area contributed by atoms with Gasteiger partial charge in [0.2, 0.25) is 5.88 Å². The number of methoxy groups -OCH3 is 3. The third-order valence-corrected chi connectivity index (χ3v) is 5.83. The van der Waals surface area contributed by atoms with Crippen molar-refractivity contribution in [3.8, 4) is 17.4 Å². The van der Waals surface area contributed by atoms with Gasteiger partial charge in [-0.1, -0.05) is 6.07 Å². The minimum atomic E-state index is -4.33. The van der Waals surface area contributed by atoms with Crippen LogP contribution in [0.25, 0.3) is 0 Å². The molecule has 0 spiro atoms. The summed E-state index contributed by atoms with van der Waals surface area (Å²) in [5.41, 5.74) is 1.11. The molecule has 0 aliphatic heterocycles. The second kappa shape index (κ2) is 9.04. The van der Waals surface area contributed by atoms with Crippen molar-refractivity contribution in [2.75, 3.05) is 21.3 Å². The number of aromatic nitrogens is 3. The van der Waals surface area contributed by atoms with E-state index < -0.39 is 15.9 Å². The first-order valence-electron chi connectivity index (χ1n) is 9.10. The molecule has 0 unspecified atom stereocenters. The summed E-state index contributed by atoms with van der Waals surface area (Å²) in [5.74, 6) is -0.608. The van der Waals surface area contributed by atoms with Crippen LogP contribution in [0.15, 0.2) is 47.6 Å². The highest BCUT2D eigenvalue weighted by Crippen LogP contribution is 2.35. The van der Waals surface area contributed by atoms with Gasteiger partial charge < -0.3 is 14.2 Å². The summed E-state index contributed by atoms with van der Waals surface area (Å²) >= 11 is 0. The Morgan fingerprint density at radius 3 is 2.48 bits per heavy atom. The minimum Gasteiger partial charge on any atom is -0.495 e. The van der Waals surface area contributed by atoms with Gasteiger partial charge in [0.15, 0.2) is 4.90 Å². The molecule has 0 atom stereocenters. The van der Waals surface area contributed by atoms with E-state index >= 15 is 0 Å². The maximum atomic E-state index is 13.0. The SMILES string of the molecule is COc1ccc(C)c(OC)c1S(=O)(=O)NC(=O)c1ccc(Cn2cccn2)c(OC)n1. The van der Waals surface area contributed by atoms with Crippen molar-refractivity contribution in [1.82, 2.24) is 19.5 Å². The van der Waals surface area contributed by atoms with Crippen LogP contribution in [0.5, 0.6) is 17.4 Å². The average molecular weight is 446 g/mol. The molecule has 0 saturated heterocycles. The van der Waals surface area contributed by atoms with Crippen LogP contribution >= 0.6 is 0 Å². The Morgan fingerprint density at radius 2 is 1.87 bits per heavy atom. The Labute approximate surface area is 179 Å². The molecule has 1 aromatic carbocycles. The first-order chi connectivity index (χ1) is 14.8. The highest BCUT2D eigenvalue weighted by Gasteiger charge is 2.29. The fourth-order valence-corrected chi connectivity index (χ4v) is 4.35. The second-order valence-electron chi connectivity index (χ2n) is 6.45. The highest BCUT2D eigenvalue weighted by atomic mass is 32.2. The van der Waals surface area contributed by atoms with E-state index in [4.69, 9.17) is 14.2 Å². The molecule has 11 heteroatoms. The van der Waals surface area contributed by atoms with Crippen molar-refractivity contribution >= 4 is 15.9 Å². The first kappa shape index (κ1) is 22.1. The molecule has 0 bridgehead atoms. The Bertz CT molecular complexity index is 1190. The standard InChI is InChI=1S/C20H22N4O6S/c1-13-6-9-16(28-2)18(17(13)29-3)31(26,27)23-19(25)15-8-7-14(20(22-15)30-4)12-24-11-5-10-21-24/h5-11H,12H2,1-4H3,(H,23,25). The number of nitrogens with zero attached hydrogens (tertiary/aromatic N) is 3. The lowest BCUT2D eigenvalue weighted by Gasteiger charge is -2.16. The summed E-state index contributed by atoms with van der Waals surface area (Å²) in [7, 11) is -0.249. The number of nitrogens with one attached hydrogen (secondary N) is 1. The quantitative estimate of drug-likeness (QED) is 0.556. The summed E-state index contributed by atoms with van der Waals surface area (Å²) in [4.78, 5) is 16.6. The fourth-order valence-electron chi connectivity index (χ4n) is 3.00. The van der Waals surface area contributed by atoms with Crippen LogP contribution in [0.3, 0.4) is 0 Å². The van der Waals surface area contributed by atoms with Crippen LogP contribution in [0, 0.1) is 6.92 Å². The van der Waals surface area contributed by atoms with Crippen molar-refractivity contribution in [1.29, 1.82) is 0 Å². The Balaban J connectivity index is 1.92. The monoisotopic (exact) mass is 446 g/mol. The number of sulfonamides is 1. The van der Waals surface area contributed by atoms with E-state index in [0.29, 0.717) is 17.7 Å². The number of amides is 1. The molecule has 3 rings (SSSR count).